The van der Waals surface area contributed by atoms with Crippen molar-refractivity contribution in [2.24, 2.45) is 0 Å². The van der Waals surface area contributed by atoms with Gasteiger partial charge in [0.15, 0.2) is 0 Å². The van der Waals surface area contributed by atoms with Gasteiger partial charge in [-0.15, -0.1) is 0 Å². The molecule has 18 heavy (non-hydrogen) atoms. The van der Waals surface area contributed by atoms with Crippen LogP contribution in [0, 0.1) is 5.82 Å². The van der Waals surface area contributed by atoms with Crippen LogP contribution in [0.5, 0.6) is 0 Å². The molecule has 2 N–H and O–H groups in total. The fourth-order valence-electron chi connectivity index (χ4n) is 1.85. The second kappa shape index (κ2) is 5.53. The summed E-state index contributed by atoms with van der Waals surface area (Å²) in [4.78, 5) is 14.1. The average Bonchev–Trinajstić information content (AvgIpc) is 2.72. The molecule has 0 fully saturated rings. The molecule has 2 rings (SSSR count). The fraction of sp³-hybridized carbons (Fsp3) is 0.308. The molecule has 0 saturated carbocycles. The van der Waals surface area contributed by atoms with Crippen molar-refractivity contribution in [1.29, 1.82) is 0 Å². The Morgan fingerprint density at radius 3 is 3.11 bits per heavy atom. The van der Waals surface area contributed by atoms with Crippen molar-refractivity contribution in [3.05, 3.63) is 35.8 Å². The lowest BCUT2D eigenvalue weighted by atomic mass is 10.1. The third-order valence-electron chi connectivity index (χ3n) is 2.67. The van der Waals surface area contributed by atoms with E-state index in [0.717, 1.165) is 16.5 Å². The van der Waals surface area contributed by atoms with Gasteiger partial charge in [0.1, 0.15) is 5.82 Å². The Hall–Kier alpha value is -2.04. The van der Waals surface area contributed by atoms with E-state index in [1.54, 1.807) is 13.0 Å². The molecular weight excluding hydrogens is 235 g/mol. The predicted octanol–water partition coefficient (Wildman–Crippen LogP) is 2.60. The van der Waals surface area contributed by atoms with Crippen molar-refractivity contribution in [2.75, 3.05) is 13.2 Å². The Labute approximate surface area is 104 Å². The Bertz CT molecular complexity index is 551. The maximum atomic E-state index is 13.0. The second-order valence-electron chi connectivity index (χ2n) is 3.90. The number of aromatic nitrogens is 1. The number of ether oxygens (including phenoxy) is 1. The smallest absolute Gasteiger partial charge is 0.407 e. The zero-order valence-corrected chi connectivity index (χ0v) is 10.1. The molecule has 0 spiro atoms. The Morgan fingerprint density at radius 1 is 1.50 bits per heavy atom. The monoisotopic (exact) mass is 250 g/mol. The molecule has 0 bridgehead atoms. The van der Waals surface area contributed by atoms with Gasteiger partial charge in [0.2, 0.25) is 0 Å². The van der Waals surface area contributed by atoms with E-state index in [-0.39, 0.29) is 5.82 Å². The molecule has 0 saturated heterocycles. The molecule has 0 aliphatic rings. The van der Waals surface area contributed by atoms with E-state index in [0.29, 0.717) is 19.6 Å². The highest BCUT2D eigenvalue weighted by atomic mass is 19.1. The van der Waals surface area contributed by atoms with Crippen molar-refractivity contribution < 1.29 is 13.9 Å². The van der Waals surface area contributed by atoms with E-state index in [2.05, 4.69) is 10.3 Å². The SMILES string of the molecule is CCOC(=O)NCCc1c[nH]c2cc(F)ccc12. The van der Waals surface area contributed by atoms with Crippen LogP contribution in [0.15, 0.2) is 24.4 Å². The summed E-state index contributed by atoms with van der Waals surface area (Å²) in [6, 6.07) is 4.62. The molecule has 1 aromatic carbocycles. The van der Waals surface area contributed by atoms with Crippen molar-refractivity contribution in [3.8, 4) is 0 Å². The van der Waals surface area contributed by atoms with Crippen LogP contribution in [-0.2, 0) is 11.2 Å². The number of rotatable bonds is 4. The predicted molar refractivity (Wildman–Crippen MR) is 67.0 cm³/mol. The molecule has 0 radical (unpaired) electrons. The standard InChI is InChI=1S/C13H15FN2O2/c1-2-18-13(17)15-6-5-9-8-16-12-7-10(14)3-4-11(9)12/h3-4,7-8,16H,2,5-6H2,1H3,(H,15,17). The van der Waals surface area contributed by atoms with Crippen molar-refractivity contribution in [2.45, 2.75) is 13.3 Å². The summed E-state index contributed by atoms with van der Waals surface area (Å²) in [5.74, 6) is -0.263. The number of hydrogen-bond donors (Lipinski definition) is 2. The van der Waals surface area contributed by atoms with E-state index in [1.807, 2.05) is 6.20 Å². The maximum Gasteiger partial charge on any atom is 0.407 e. The largest absolute Gasteiger partial charge is 0.450 e. The minimum absolute atomic E-state index is 0.263. The van der Waals surface area contributed by atoms with Gasteiger partial charge in [-0.3, -0.25) is 0 Å². The van der Waals surface area contributed by atoms with Gasteiger partial charge in [-0.05, 0) is 37.1 Å². The summed E-state index contributed by atoms with van der Waals surface area (Å²) in [6.07, 6.45) is 2.09. The Morgan fingerprint density at radius 2 is 2.33 bits per heavy atom. The number of benzene rings is 1. The van der Waals surface area contributed by atoms with Crippen LogP contribution in [0.25, 0.3) is 10.9 Å². The van der Waals surface area contributed by atoms with Crippen molar-refractivity contribution >= 4 is 17.0 Å². The summed E-state index contributed by atoms with van der Waals surface area (Å²) in [5, 5.41) is 3.62. The van der Waals surface area contributed by atoms with Gasteiger partial charge in [0.25, 0.3) is 0 Å². The molecule has 1 amide bonds. The molecule has 5 heteroatoms. The number of H-pyrrole nitrogens is 1. The molecular formula is C13H15FN2O2. The number of amides is 1. The normalized spacial score (nSPS) is 10.6. The summed E-state index contributed by atoms with van der Waals surface area (Å²) >= 11 is 0. The van der Waals surface area contributed by atoms with Crippen molar-refractivity contribution in [3.63, 3.8) is 0 Å². The first-order valence-corrected chi connectivity index (χ1v) is 5.87. The van der Waals surface area contributed by atoms with E-state index < -0.39 is 6.09 Å². The van der Waals surface area contributed by atoms with Gasteiger partial charge in [-0.25, -0.2) is 9.18 Å². The van der Waals surface area contributed by atoms with Gasteiger partial charge in [0.05, 0.1) is 6.61 Å². The molecule has 0 aliphatic carbocycles. The molecule has 0 atom stereocenters. The highest BCUT2D eigenvalue weighted by Crippen LogP contribution is 2.19. The van der Waals surface area contributed by atoms with Crippen molar-refractivity contribution in [1.82, 2.24) is 10.3 Å². The third kappa shape index (κ3) is 2.80. The number of fused-ring (bicyclic) bond motifs is 1. The van der Waals surface area contributed by atoms with E-state index in [9.17, 15) is 9.18 Å². The van der Waals surface area contributed by atoms with Crippen LogP contribution in [0.4, 0.5) is 9.18 Å². The number of hydrogen-bond acceptors (Lipinski definition) is 2. The van der Waals surface area contributed by atoms with E-state index >= 15 is 0 Å². The fourth-order valence-corrected chi connectivity index (χ4v) is 1.85. The quantitative estimate of drug-likeness (QED) is 0.876. The zero-order valence-electron chi connectivity index (χ0n) is 10.1. The maximum absolute atomic E-state index is 13.0. The van der Waals surface area contributed by atoms with Crippen LogP contribution in [0.2, 0.25) is 0 Å². The Balaban J connectivity index is 1.98. The first-order chi connectivity index (χ1) is 8.70. The van der Waals surface area contributed by atoms with Gasteiger partial charge < -0.3 is 15.0 Å². The third-order valence-corrected chi connectivity index (χ3v) is 2.67. The minimum Gasteiger partial charge on any atom is -0.450 e. The van der Waals surface area contributed by atoms with Crippen LogP contribution < -0.4 is 5.32 Å². The topological polar surface area (TPSA) is 54.1 Å². The van der Waals surface area contributed by atoms with Crippen LogP contribution in [0.3, 0.4) is 0 Å². The molecule has 96 valence electrons. The zero-order chi connectivity index (χ0) is 13.0. The second-order valence-corrected chi connectivity index (χ2v) is 3.90. The number of alkyl carbamates (subject to hydrolysis) is 1. The van der Waals surface area contributed by atoms with E-state index in [1.165, 1.54) is 12.1 Å². The molecule has 0 aliphatic heterocycles. The number of aromatic amines is 1. The highest BCUT2D eigenvalue weighted by molar-refractivity contribution is 5.83. The molecule has 4 nitrogen and oxygen atoms in total. The van der Waals surface area contributed by atoms with Gasteiger partial charge >= 0.3 is 6.09 Å². The summed E-state index contributed by atoms with van der Waals surface area (Å²) < 4.78 is 17.8. The van der Waals surface area contributed by atoms with E-state index in [4.69, 9.17) is 4.74 Å². The summed E-state index contributed by atoms with van der Waals surface area (Å²) in [5.41, 5.74) is 1.81. The molecule has 2 aromatic rings. The lowest BCUT2D eigenvalue weighted by Gasteiger charge is -2.04. The first kappa shape index (κ1) is 12.4. The lowest BCUT2D eigenvalue weighted by molar-refractivity contribution is 0.152. The van der Waals surface area contributed by atoms with Crippen LogP contribution in [-0.4, -0.2) is 24.2 Å². The summed E-state index contributed by atoms with van der Waals surface area (Å²) in [7, 11) is 0. The first-order valence-electron chi connectivity index (χ1n) is 5.87. The summed E-state index contributed by atoms with van der Waals surface area (Å²) in [6.45, 7) is 2.61. The highest BCUT2D eigenvalue weighted by Gasteiger charge is 2.05. The lowest BCUT2D eigenvalue weighted by Crippen LogP contribution is -2.26. The van der Waals surface area contributed by atoms with Gasteiger partial charge in [-0.2, -0.15) is 0 Å². The van der Waals surface area contributed by atoms with Crippen LogP contribution in [0.1, 0.15) is 12.5 Å². The Kier molecular flexibility index (Phi) is 3.82. The van der Waals surface area contributed by atoms with Crippen LogP contribution >= 0.6 is 0 Å². The van der Waals surface area contributed by atoms with Gasteiger partial charge in [0, 0.05) is 23.6 Å². The molecule has 1 heterocycles. The number of carbonyl (C=O) groups is 1. The number of halogens is 1. The number of carbonyl (C=O) groups excluding carboxylic acids is 1. The van der Waals surface area contributed by atoms with Gasteiger partial charge in [-0.1, -0.05) is 0 Å². The average molecular weight is 250 g/mol. The molecule has 1 aromatic heterocycles. The minimum atomic E-state index is -0.414. The number of nitrogens with one attached hydrogen (secondary N) is 2. The molecule has 0 unspecified atom stereocenters.